The first-order valence-electron chi connectivity index (χ1n) is 5.48. The number of carbonyl (C=O) groups is 2. The number of aliphatic carboxylic acids is 2. The second kappa shape index (κ2) is 7.24. The Morgan fingerprint density at radius 2 is 1.24 bits per heavy atom. The number of hydrogen-bond donors (Lipinski definition) is 4. The second-order valence-corrected chi connectivity index (χ2v) is 3.98. The number of carboxylic acids is 2. The maximum absolute atomic E-state index is 10.2. The molecular weight excluding hydrogens is 228 g/mol. The molecule has 102 valence electrons. The Kier molecular flexibility index (Phi) is 7.76. The molecule has 0 aliphatic rings. The molecule has 0 spiro atoms. The minimum absolute atomic E-state index is 0.238. The van der Waals surface area contributed by atoms with E-state index in [-0.39, 0.29) is 19.3 Å². The van der Waals surface area contributed by atoms with Crippen LogP contribution in [-0.2, 0) is 9.59 Å². The molecule has 0 aliphatic carbocycles. The van der Waals surface area contributed by atoms with E-state index in [1.54, 1.807) is 20.8 Å². The van der Waals surface area contributed by atoms with Crippen molar-refractivity contribution in [3.8, 4) is 0 Å². The Balaban J connectivity index is 0. The molecule has 4 N–H and O–H groups in total. The number of aliphatic hydroxyl groups is 2. The lowest BCUT2D eigenvalue weighted by atomic mass is 9.98. The minimum atomic E-state index is -1.54. The Morgan fingerprint density at radius 1 is 0.882 bits per heavy atom. The zero-order chi connectivity index (χ0) is 14.3. The molecule has 6 heteroatoms. The van der Waals surface area contributed by atoms with Gasteiger partial charge >= 0.3 is 11.9 Å². The van der Waals surface area contributed by atoms with E-state index in [4.69, 9.17) is 20.4 Å². The van der Waals surface area contributed by atoms with Gasteiger partial charge in [0.05, 0.1) is 0 Å². The van der Waals surface area contributed by atoms with Crippen molar-refractivity contribution in [1.82, 2.24) is 0 Å². The average molecular weight is 250 g/mol. The molecule has 0 saturated heterocycles. The van der Waals surface area contributed by atoms with Crippen LogP contribution in [0.3, 0.4) is 0 Å². The van der Waals surface area contributed by atoms with E-state index in [1.165, 1.54) is 6.92 Å². The highest BCUT2D eigenvalue weighted by atomic mass is 16.4. The topological polar surface area (TPSA) is 115 Å². The summed E-state index contributed by atoms with van der Waals surface area (Å²) in [7, 11) is 0. The lowest BCUT2D eigenvalue weighted by molar-refractivity contribution is -0.159. The average Bonchev–Trinajstić information content (AvgIpc) is 2.28. The van der Waals surface area contributed by atoms with Crippen molar-refractivity contribution in [2.75, 3.05) is 0 Å². The zero-order valence-corrected chi connectivity index (χ0v) is 10.7. The molecule has 0 saturated carbocycles. The summed E-state index contributed by atoms with van der Waals surface area (Å²) in [6, 6.07) is 0. The van der Waals surface area contributed by atoms with E-state index < -0.39 is 23.1 Å². The van der Waals surface area contributed by atoms with E-state index in [9.17, 15) is 9.59 Å². The van der Waals surface area contributed by atoms with E-state index >= 15 is 0 Å². The van der Waals surface area contributed by atoms with Crippen LogP contribution in [0.5, 0.6) is 0 Å². The fourth-order valence-corrected chi connectivity index (χ4v) is 0.704. The molecule has 0 amide bonds. The zero-order valence-electron chi connectivity index (χ0n) is 10.7. The third-order valence-electron chi connectivity index (χ3n) is 2.72. The van der Waals surface area contributed by atoms with Crippen molar-refractivity contribution in [1.29, 1.82) is 0 Å². The van der Waals surface area contributed by atoms with E-state index in [0.717, 1.165) is 0 Å². The number of rotatable bonds is 5. The summed E-state index contributed by atoms with van der Waals surface area (Å²) in [5.41, 5.74) is -3.04. The highest BCUT2D eigenvalue weighted by Crippen LogP contribution is 2.13. The van der Waals surface area contributed by atoms with Gasteiger partial charge in [-0.15, -0.1) is 0 Å². The van der Waals surface area contributed by atoms with Gasteiger partial charge < -0.3 is 20.4 Å². The van der Waals surface area contributed by atoms with Gasteiger partial charge in [0.1, 0.15) is 0 Å². The molecule has 17 heavy (non-hydrogen) atoms. The molecule has 0 heterocycles. The molecule has 6 nitrogen and oxygen atoms in total. The molecule has 0 bridgehead atoms. The van der Waals surface area contributed by atoms with Crippen LogP contribution in [0.25, 0.3) is 0 Å². The molecule has 1 unspecified atom stereocenters. The van der Waals surface area contributed by atoms with Crippen molar-refractivity contribution < 1.29 is 30.0 Å². The highest BCUT2D eigenvalue weighted by molar-refractivity contribution is 5.76. The summed E-state index contributed by atoms with van der Waals surface area (Å²) in [6.45, 7) is 6.19. The Morgan fingerprint density at radius 3 is 1.24 bits per heavy atom. The van der Waals surface area contributed by atoms with Gasteiger partial charge in [0.25, 0.3) is 0 Å². The molecule has 0 aliphatic heterocycles. The lowest BCUT2D eigenvalue weighted by Gasteiger charge is -2.18. The first kappa shape index (κ1) is 18.2. The van der Waals surface area contributed by atoms with Crippen LogP contribution in [0.15, 0.2) is 0 Å². The number of carboxylic acid groups (broad SMARTS) is 2. The van der Waals surface area contributed by atoms with Gasteiger partial charge in [-0.3, -0.25) is 0 Å². The van der Waals surface area contributed by atoms with Gasteiger partial charge in [-0.2, -0.15) is 0 Å². The molecule has 1 atom stereocenters. The first-order chi connectivity index (χ1) is 7.57. The Bertz CT molecular complexity index is 255. The fraction of sp³-hybridized carbons (Fsp3) is 0.818. The smallest absolute Gasteiger partial charge is 0.335 e. The van der Waals surface area contributed by atoms with E-state index in [0.29, 0.717) is 0 Å². The first-order valence-corrected chi connectivity index (χ1v) is 5.48. The van der Waals surface area contributed by atoms with E-state index in [1.807, 2.05) is 0 Å². The highest BCUT2D eigenvalue weighted by Gasteiger charge is 2.30. The summed E-state index contributed by atoms with van der Waals surface area (Å²) in [5, 5.41) is 34.5. The summed E-state index contributed by atoms with van der Waals surface area (Å²) in [4.78, 5) is 20.2. The maximum atomic E-state index is 10.2. The van der Waals surface area contributed by atoms with Crippen LogP contribution >= 0.6 is 0 Å². The lowest BCUT2D eigenvalue weighted by Crippen LogP contribution is -2.36. The second-order valence-electron chi connectivity index (χ2n) is 3.98. The predicted octanol–water partition coefficient (Wildman–Crippen LogP) is 0.854. The molecule has 0 rings (SSSR count). The maximum Gasteiger partial charge on any atom is 0.335 e. The number of hydrogen-bond acceptors (Lipinski definition) is 4. The van der Waals surface area contributed by atoms with Crippen LogP contribution in [0, 0.1) is 0 Å². The summed E-state index contributed by atoms with van der Waals surface area (Å²) in [5.74, 6) is -2.30. The summed E-state index contributed by atoms with van der Waals surface area (Å²) < 4.78 is 0. The fourth-order valence-electron chi connectivity index (χ4n) is 0.704. The van der Waals surface area contributed by atoms with Crippen LogP contribution in [0.4, 0.5) is 0 Å². The van der Waals surface area contributed by atoms with Gasteiger partial charge in [0, 0.05) is 0 Å². The van der Waals surface area contributed by atoms with Crippen LogP contribution in [0.2, 0.25) is 0 Å². The van der Waals surface area contributed by atoms with Gasteiger partial charge in [-0.05, 0) is 26.2 Å². The van der Waals surface area contributed by atoms with Crippen molar-refractivity contribution >= 4 is 11.9 Å². The predicted molar refractivity (Wildman–Crippen MR) is 61.7 cm³/mol. The monoisotopic (exact) mass is 250 g/mol. The molecule has 0 fully saturated rings. The summed E-state index contributed by atoms with van der Waals surface area (Å²) in [6.07, 6.45) is 0.764. The van der Waals surface area contributed by atoms with Crippen molar-refractivity contribution in [2.45, 2.75) is 58.2 Å². The van der Waals surface area contributed by atoms with Crippen molar-refractivity contribution in [3.63, 3.8) is 0 Å². The van der Waals surface area contributed by atoms with Crippen LogP contribution in [0.1, 0.15) is 47.0 Å². The molecule has 0 aromatic rings. The van der Waals surface area contributed by atoms with Crippen LogP contribution < -0.4 is 0 Å². The molecular formula is C11H22O6. The van der Waals surface area contributed by atoms with Crippen LogP contribution in [-0.4, -0.2) is 43.6 Å². The standard InChI is InChI=1S/C6H12O3.C5H10O3/c1-3-6(9,4-2)5(7)8;1-3-5(2,8)4(6)7/h9H,3-4H2,1-2H3,(H,7,8);8H,3H2,1-2H3,(H,6,7). The largest absolute Gasteiger partial charge is 0.479 e. The van der Waals surface area contributed by atoms with Crippen molar-refractivity contribution in [2.24, 2.45) is 0 Å². The SMILES string of the molecule is CCC(C)(O)C(=O)O.CCC(O)(CC)C(=O)O. The molecule has 0 radical (unpaired) electrons. The normalized spacial score (nSPS) is 14.2. The minimum Gasteiger partial charge on any atom is -0.479 e. The Hall–Kier alpha value is -1.14. The van der Waals surface area contributed by atoms with Crippen molar-refractivity contribution in [3.05, 3.63) is 0 Å². The third-order valence-corrected chi connectivity index (χ3v) is 2.72. The molecule has 0 aromatic carbocycles. The van der Waals surface area contributed by atoms with Gasteiger partial charge in [-0.25, -0.2) is 9.59 Å². The third kappa shape index (κ3) is 6.23. The van der Waals surface area contributed by atoms with Gasteiger partial charge in [0.15, 0.2) is 11.2 Å². The van der Waals surface area contributed by atoms with Gasteiger partial charge in [-0.1, -0.05) is 20.8 Å². The Labute approximate surface area is 101 Å². The molecule has 0 aromatic heterocycles. The summed E-state index contributed by atoms with van der Waals surface area (Å²) >= 11 is 0. The quantitative estimate of drug-likeness (QED) is 0.575. The van der Waals surface area contributed by atoms with Gasteiger partial charge in [0.2, 0.25) is 0 Å². The van der Waals surface area contributed by atoms with E-state index in [2.05, 4.69) is 0 Å².